The summed E-state index contributed by atoms with van der Waals surface area (Å²) in [4.78, 5) is 38.4. The predicted molar refractivity (Wildman–Crippen MR) is 98.5 cm³/mol. The van der Waals surface area contributed by atoms with Gasteiger partial charge in [0.15, 0.2) is 17.2 Å². The molecule has 3 rings (SSSR count). The van der Waals surface area contributed by atoms with E-state index in [0.717, 1.165) is 15.2 Å². The first kappa shape index (κ1) is 18.9. The van der Waals surface area contributed by atoms with E-state index in [2.05, 4.69) is 11.3 Å². The van der Waals surface area contributed by atoms with Crippen molar-refractivity contribution in [2.45, 2.75) is 0 Å². The van der Waals surface area contributed by atoms with E-state index in [-0.39, 0.29) is 35.0 Å². The molecule has 1 aromatic heterocycles. The number of hydrogen-bond donors (Lipinski definition) is 0. The summed E-state index contributed by atoms with van der Waals surface area (Å²) in [7, 11) is 2.73. The number of rotatable bonds is 2. The molecule has 2 heterocycles. The SMILES string of the molecule is Cn1c(=S)n(C)c(=O)n(-c2cc3c(cc2F)OCC(=O)N3CC#CCl)c1=O. The fourth-order valence-electron chi connectivity index (χ4n) is 2.64. The van der Waals surface area contributed by atoms with Crippen LogP contribution in [0.1, 0.15) is 0 Å². The molecule has 0 unspecified atom stereocenters. The van der Waals surface area contributed by atoms with Crippen molar-refractivity contribution < 1.29 is 13.9 Å². The van der Waals surface area contributed by atoms with Gasteiger partial charge >= 0.3 is 11.4 Å². The molecule has 27 heavy (non-hydrogen) atoms. The number of carbonyl (C=O) groups is 1. The maximum absolute atomic E-state index is 14.7. The van der Waals surface area contributed by atoms with E-state index in [9.17, 15) is 18.8 Å². The lowest BCUT2D eigenvalue weighted by Crippen LogP contribution is -2.44. The number of aromatic nitrogens is 3. The van der Waals surface area contributed by atoms with Gasteiger partial charge in [-0.05, 0) is 29.9 Å². The number of carbonyl (C=O) groups excluding carboxylic acids is 1. The molecule has 0 saturated heterocycles. The molecule has 2 aromatic rings. The topological polar surface area (TPSA) is 78.5 Å². The van der Waals surface area contributed by atoms with Crippen LogP contribution in [0.15, 0.2) is 21.7 Å². The molecule has 0 radical (unpaired) electrons. The molecule has 0 N–H and O–H groups in total. The molecule has 1 aliphatic heterocycles. The second kappa shape index (κ2) is 7.02. The van der Waals surface area contributed by atoms with Crippen molar-refractivity contribution in [2.24, 2.45) is 14.1 Å². The molecule has 0 aliphatic carbocycles. The van der Waals surface area contributed by atoms with Crippen LogP contribution in [0.4, 0.5) is 10.1 Å². The molecule has 1 amide bonds. The smallest absolute Gasteiger partial charge is 0.338 e. The molecular formula is C16H12ClFN4O4S. The van der Waals surface area contributed by atoms with Crippen molar-refractivity contribution in [2.75, 3.05) is 18.1 Å². The summed E-state index contributed by atoms with van der Waals surface area (Å²) < 4.78 is 22.6. The highest BCUT2D eigenvalue weighted by Gasteiger charge is 2.28. The normalized spacial score (nSPS) is 12.9. The Morgan fingerprint density at radius 2 is 1.81 bits per heavy atom. The van der Waals surface area contributed by atoms with Gasteiger partial charge in [-0.1, -0.05) is 5.92 Å². The number of nitrogens with zero attached hydrogens (tertiary/aromatic N) is 4. The van der Waals surface area contributed by atoms with Gasteiger partial charge in [0.25, 0.3) is 5.91 Å². The second-order valence-corrected chi connectivity index (χ2v) is 6.17. The zero-order chi connectivity index (χ0) is 19.9. The Morgan fingerprint density at radius 3 is 2.41 bits per heavy atom. The summed E-state index contributed by atoms with van der Waals surface area (Å²) in [6, 6.07) is 2.19. The minimum absolute atomic E-state index is 0.0165. The van der Waals surface area contributed by atoms with Crippen molar-refractivity contribution in [3.05, 3.63) is 43.7 Å². The van der Waals surface area contributed by atoms with E-state index < -0.39 is 23.1 Å². The van der Waals surface area contributed by atoms with Gasteiger partial charge in [-0.25, -0.2) is 18.5 Å². The van der Waals surface area contributed by atoms with Crippen LogP contribution >= 0.6 is 23.8 Å². The van der Waals surface area contributed by atoms with Gasteiger partial charge in [0.05, 0.1) is 17.9 Å². The van der Waals surface area contributed by atoms with Crippen LogP contribution in [0.5, 0.6) is 5.75 Å². The van der Waals surface area contributed by atoms with Crippen molar-refractivity contribution >= 4 is 35.4 Å². The summed E-state index contributed by atoms with van der Waals surface area (Å²) in [5, 5.41) is 2.15. The molecule has 140 valence electrons. The standard InChI is InChI=1S/C16H12ClFN4O4S/c1-19-14(24)22(15(25)20(2)16(19)27)10-7-11-12(6-9(10)18)26-8-13(23)21(11)5-3-4-17/h6-7H,5,8H2,1-2H3. The lowest BCUT2D eigenvalue weighted by Gasteiger charge is -2.28. The summed E-state index contributed by atoms with van der Waals surface area (Å²) in [6.45, 7) is -0.355. The lowest BCUT2D eigenvalue weighted by molar-refractivity contribution is -0.121. The molecule has 0 atom stereocenters. The maximum atomic E-state index is 14.7. The zero-order valence-corrected chi connectivity index (χ0v) is 15.7. The quantitative estimate of drug-likeness (QED) is 0.537. The Morgan fingerprint density at radius 1 is 1.19 bits per heavy atom. The molecular weight excluding hydrogens is 399 g/mol. The van der Waals surface area contributed by atoms with Crippen molar-refractivity contribution in [3.8, 4) is 22.7 Å². The Labute approximate surface area is 162 Å². The van der Waals surface area contributed by atoms with Gasteiger partial charge in [0, 0.05) is 25.5 Å². The summed E-state index contributed by atoms with van der Waals surface area (Å²) in [6.07, 6.45) is 0. The van der Waals surface area contributed by atoms with Gasteiger partial charge in [-0.3, -0.25) is 18.8 Å². The Kier molecular flexibility index (Phi) is 4.91. The van der Waals surface area contributed by atoms with Crippen LogP contribution in [0, 0.1) is 21.9 Å². The van der Waals surface area contributed by atoms with Crippen molar-refractivity contribution in [1.82, 2.24) is 13.7 Å². The van der Waals surface area contributed by atoms with Crippen LogP contribution in [-0.2, 0) is 18.9 Å². The van der Waals surface area contributed by atoms with Crippen molar-refractivity contribution in [3.63, 3.8) is 0 Å². The van der Waals surface area contributed by atoms with E-state index in [1.807, 2.05) is 0 Å². The highest BCUT2D eigenvalue weighted by atomic mass is 35.5. The van der Waals surface area contributed by atoms with Crippen LogP contribution < -0.4 is 21.0 Å². The molecule has 1 aliphatic rings. The molecule has 0 saturated carbocycles. The average molecular weight is 411 g/mol. The third-order valence-electron chi connectivity index (χ3n) is 4.05. The number of fused-ring (bicyclic) bond motifs is 1. The van der Waals surface area contributed by atoms with Crippen molar-refractivity contribution in [1.29, 1.82) is 0 Å². The van der Waals surface area contributed by atoms with E-state index in [4.69, 9.17) is 28.6 Å². The number of benzene rings is 1. The Balaban J connectivity index is 2.32. The van der Waals surface area contributed by atoms with Gasteiger partial charge in [0.2, 0.25) is 0 Å². The Hall–Kier alpha value is -2.90. The van der Waals surface area contributed by atoms with E-state index >= 15 is 0 Å². The zero-order valence-electron chi connectivity index (χ0n) is 14.2. The van der Waals surface area contributed by atoms with Crippen LogP contribution in [0.2, 0.25) is 0 Å². The number of amides is 1. The van der Waals surface area contributed by atoms with Crippen LogP contribution in [0.3, 0.4) is 0 Å². The highest BCUT2D eigenvalue weighted by molar-refractivity contribution is 7.71. The highest BCUT2D eigenvalue weighted by Crippen LogP contribution is 2.35. The summed E-state index contributed by atoms with van der Waals surface area (Å²) >= 11 is 10.4. The molecule has 1 aromatic carbocycles. The monoisotopic (exact) mass is 410 g/mol. The summed E-state index contributed by atoms with van der Waals surface area (Å²) in [5.74, 6) is 1.32. The maximum Gasteiger partial charge on any atom is 0.338 e. The fourth-order valence-corrected chi connectivity index (χ4v) is 2.86. The molecule has 11 heteroatoms. The number of hydrogen-bond acceptors (Lipinski definition) is 5. The number of anilines is 1. The third-order valence-corrected chi connectivity index (χ3v) is 4.73. The minimum atomic E-state index is -0.872. The third kappa shape index (κ3) is 3.05. The largest absolute Gasteiger partial charge is 0.481 e. The van der Waals surface area contributed by atoms with E-state index in [1.165, 1.54) is 25.1 Å². The number of halogens is 2. The van der Waals surface area contributed by atoms with Gasteiger partial charge in [0.1, 0.15) is 5.75 Å². The first-order chi connectivity index (χ1) is 12.8. The first-order valence-corrected chi connectivity index (χ1v) is 8.31. The molecule has 0 spiro atoms. The lowest BCUT2D eigenvalue weighted by atomic mass is 10.2. The van der Waals surface area contributed by atoms with Gasteiger partial charge < -0.3 is 4.74 Å². The van der Waals surface area contributed by atoms with Gasteiger partial charge in [-0.15, -0.1) is 0 Å². The van der Waals surface area contributed by atoms with Crippen LogP contribution in [0.25, 0.3) is 5.69 Å². The van der Waals surface area contributed by atoms with E-state index in [1.54, 1.807) is 0 Å². The van der Waals surface area contributed by atoms with Crippen LogP contribution in [-0.4, -0.2) is 32.8 Å². The van der Waals surface area contributed by atoms with Gasteiger partial charge in [-0.2, -0.15) is 0 Å². The fraction of sp³-hybridized carbons (Fsp3) is 0.250. The minimum Gasteiger partial charge on any atom is -0.481 e. The summed E-state index contributed by atoms with van der Waals surface area (Å²) in [5.41, 5.74) is -1.82. The molecule has 8 nitrogen and oxygen atoms in total. The predicted octanol–water partition coefficient (Wildman–Crippen LogP) is 0.668. The molecule has 0 bridgehead atoms. The second-order valence-electron chi connectivity index (χ2n) is 5.61. The Bertz CT molecular complexity index is 1160. The first-order valence-electron chi connectivity index (χ1n) is 7.52. The number of ether oxygens (including phenoxy) is 1. The van der Waals surface area contributed by atoms with E-state index in [0.29, 0.717) is 4.57 Å². The average Bonchev–Trinajstić information content (AvgIpc) is 2.65. The molecule has 0 fully saturated rings.